The van der Waals surface area contributed by atoms with E-state index in [-0.39, 0.29) is 36.8 Å². The average molecular weight is 914 g/mol. The number of rotatable bonds is 12. The third-order valence-electron chi connectivity index (χ3n) is 11.2. The number of carbonyl (C=O) groups excluding carboxylic acids is 5. The molecule has 4 aromatic carbocycles. The maximum atomic E-state index is 16.1. The van der Waals surface area contributed by atoms with Crippen LogP contribution in [0.1, 0.15) is 54.3 Å². The van der Waals surface area contributed by atoms with Crippen LogP contribution in [-0.2, 0) is 38.8 Å². The van der Waals surface area contributed by atoms with Crippen LogP contribution in [0.15, 0.2) is 116 Å². The predicted octanol–water partition coefficient (Wildman–Crippen LogP) is 5.96. The zero-order valence-electron chi connectivity index (χ0n) is 32.7. The Bertz CT molecular complexity index is 2250. The molecule has 0 bridgehead atoms. The van der Waals surface area contributed by atoms with Gasteiger partial charge < -0.3 is 29.4 Å². The lowest BCUT2D eigenvalue weighted by Gasteiger charge is -2.46. The number of cyclic esters (lactones) is 1. The fourth-order valence-electron chi connectivity index (χ4n) is 8.86. The van der Waals surface area contributed by atoms with E-state index in [2.05, 4.69) is 34.5 Å². The summed E-state index contributed by atoms with van der Waals surface area (Å²) in [6, 6.07) is 25.0. The number of benzene rings is 4. The molecule has 59 heavy (non-hydrogen) atoms. The number of nitrogens with zero attached hydrogens (tertiary/aromatic N) is 2. The molecule has 3 amide bonds. The summed E-state index contributed by atoms with van der Waals surface area (Å²) in [5.74, 6) is -5.00. The van der Waals surface area contributed by atoms with E-state index in [0.717, 1.165) is 4.90 Å². The van der Waals surface area contributed by atoms with E-state index in [1.54, 1.807) is 56.3 Å². The van der Waals surface area contributed by atoms with Gasteiger partial charge in [-0.2, -0.15) is 0 Å². The minimum absolute atomic E-state index is 0.108. The number of imide groups is 1. The third kappa shape index (κ3) is 7.16. The minimum atomic E-state index is -2.08. The van der Waals surface area contributed by atoms with Crippen LogP contribution in [0.3, 0.4) is 0 Å². The van der Waals surface area contributed by atoms with Crippen molar-refractivity contribution in [3.8, 4) is 5.75 Å². The monoisotopic (exact) mass is 913 g/mol. The van der Waals surface area contributed by atoms with Gasteiger partial charge in [-0.3, -0.25) is 19.3 Å². The molecule has 7 unspecified atom stereocenters. The number of aliphatic hydroxyl groups is 1. The van der Waals surface area contributed by atoms with Gasteiger partial charge in [-0.1, -0.05) is 105 Å². The van der Waals surface area contributed by atoms with E-state index in [9.17, 15) is 14.7 Å². The number of ether oxygens (including phenoxy) is 4. The van der Waals surface area contributed by atoms with E-state index in [4.69, 9.17) is 18.9 Å². The van der Waals surface area contributed by atoms with Gasteiger partial charge in [-0.05, 0) is 69.5 Å². The number of methoxy groups -OCH3 is 1. The number of aliphatic hydroxyl groups excluding tert-OH is 1. The first-order chi connectivity index (χ1) is 28.5. The molecule has 14 heteroatoms. The second-order valence-electron chi connectivity index (χ2n) is 14.8. The fourth-order valence-corrected chi connectivity index (χ4v) is 9.35. The Hall–Kier alpha value is -5.58. The van der Waals surface area contributed by atoms with Gasteiger partial charge in [-0.15, -0.1) is 0 Å². The van der Waals surface area contributed by atoms with Crippen molar-refractivity contribution in [3.05, 3.63) is 142 Å². The van der Waals surface area contributed by atoms with Gasteiger partial charge in [0.05, 0.1) is 31.5 Å². The van der Waals surface area contributed by atoms with Gasteiger partial charge in [0.15, 0.2) is 0 Å². The first-order valence-electron chi connectivity index (χ1n) is 19.2. The number of esters is 3. The molecule has 1 spiro atoms. The average Bonchev–Trinajstić information content (AvgIpc) is 3.70. The summed E-state index contributed by atoms with van der Waals surface area (Å²) in [5.41, 5.74) is 0.128. The summed E-state index contributed by atoms with van der Waals surface area (Å²) < 4.78 is 24.1. The van der Waals surface area contributed by atoms with Crippen LogP contribution in [0.5, 0.6) is 5.75 Å². The number of amides is 3. The van der Waals surface area contributed by atoms with E-state index >= 15 is 14.4 Å². The maximum absolute atomic E-state index is 16.1. The van der Waals surface area contributed by atoms with Crippen molar-refractivity contribution in [1.82, 2.24) is 10.2 Å². The van der Waals surface area contributed by atoms with E-state index in [1.807, 2.05) is 65.6 Å². The zero-order valence-corrected chi connectivity index (χ0v) is 34.8. The largest absolute Gasteiger partial charge is 0.491 e. The molecule has 2 N–H and O–H groups in total. The van der Waals surface area contributed by atoms with Gasteiger partial charge in [0, 0.05) is 9.13 Å². The van der Waals surface area contributed by atoms with Gasteiger partial charge >= 0.3 is 23.9 Å². The number of urea groups is 1. The van der Waals surface area contributed by atoms with E-state index in [1.165, 1.54) is 13.2 Å². The highest BCUT2D eigenvalue weighted by Gasteiger charge is 2.76. The van der Waals surface area contributed by atoms with Crippen LogP contribution >= 0.6 is 22.6 Å². The molecule has 3 aliphatic heterocycles. The second-order valence-corrected chi connectivity index (χ2v) is 16.0. The normalized spacial score (nSPS) is 23.9. The highest BCUT2D eigenvalue weighted by molar-refractivity contribution is 14.1. The number of hydrogen-bond acceptors (Lipinski definition) is 11. The molecule has 0 saturated carbocycles. The summed E-state index contributed by atoms with van der Waals surface area (Å²) in [4.78, 5) is 76.6. The summed E-state index contributed by atoms with van der Waals surface area (Å²) in [6.07, 6.45) is 0.449. The molecule has 4 aromatic rings. The second kappa shape index (κ2) is 17.3. The predicted molar refractivity (Wildman–Crippen MR) is 224 cm³/mol. The lowest BCUT2D eigenvalue weighted by Crippen LogP contribution is -2.56. The Morgan fingerprint density at radius 3 is 2.25 bits per heavy atom. The number of morpholine rings is 1. The van der Waals surface area contributed by atoms with E-state index < -0.39 is 77.4 Å². The maximum Gasteiger partial charge on any atom is 0.329 e. The minimum Gasteiger partial charge on any atom is -0.491 e. The molecule has 7 atom stereocenters. The number of anilines is 1. The Balaban J connectivity index is 1.58. The van der Waals surface area contributed by atoms with Gasteiger partial charge in [0.1, 0.15) is 48.5 Å². The molecule has 7 rings (SSSR count). The number of fused-ring (bicyclic) bond motifs is 3. The lowest BCUT2D eigenvalue weighted by atomic mass is 9.65. The molecule has 3 heterocycles. The Kier molecular flexibility index (Phi) is 12.2. The van der Waals surface area contributed by atoms with Crippen molar-refractivity contribution >= 4 is 58.1 Å². The van der Waals surface area contributed by atoms with Crippen LogP contribution in [0, 0.1) is 15.4 Å². The molecular formula is C45H44IN3O10. The Morgan fingerprint density at radius 2 is 1.61 bits per heavy atom. The van der Waals surface area contributed by atoms with Gasteiger partial charge in [-0.25, -0.2) is 14.5 Å². The smallest absolute Gasteiger partial charge is 0.329 e. The summed E-state index contributed by atoms with van der Waals surface area (Å²) >= 11 is 2.10. The van der Waals surface area contributed by atoms with Crippen molar-refractivity contribution in [2.24, 2.45) is 11.8 Å². The first-order valence-corrected chi connectivity index (χ1v) is 20.3. The van der Waals surface area contributed by atoms with Crippen molar-refractivity contribution < 1.29 is 48.0 Å². The fraction of sp³-hybridized carbons (Fsp3) is 0.311. The lowest BCUT2D eigenvalue weighted by molar-refractivity contribution is -0.180. The molecule has 306 valence electrons. The molecule has 0 radical (unpaired) electrons. The van der Waals surface area contributed by atoms with Crippen LogP contribution in [0.4, 0.5) is 10.5 Å². The first kappa shape index (κ1) is 41.6. The van der Waals surface area contributed by atoms with Crippen LogP contribution < -0.4 is 15.0 Å². The van der Waals surface area contributed by atoms with Crippen molar-refractivity contribution in [3.63, 3.8) is 0 Å². The highest BCUT2D eigenvalue weighted by Crippen LogP contribution is 2.66. The topological polar surface area (TPSA) is 161 Å². The number of carbonyl (C=O) groups is 5. The Morgan fingerprint density at radius 1 is 0.949 bits per heavy atom. The molecular weight excluding hydrogens is 869 g/mol. The molecule has 2 fully saturated rings. The van der Waals surface area contributed by atoms with Crippen LogP contribution in [-0.4, -0.2) is 78.9 Å². The summed E-state index contributed by atoms with van der Waals surface area (Å²) in [7, 11) is 1.21. The molecule has 0 aromatic heterocycles. The number of halogens is 1. The third-order valence-corrected chi connectivity index (χ3v) is 11.9. The highest BCUT2D eigenvalue weighted by atomic mass is 127. The molecule has 2 saturated heterocycles. The molecule has 3 aliphatic rings. The van der Waals surface area contributed by atoms with Crippen LogP contribution in [0.25, 0.3) is 0 Å². The van der Waals surface area contributed by atoms with Crippen molar-refractivity contribution in [1.29, 1.82) is 0 Å². The Labute approximate surface area is 355 Å². The standard InChI is InChI=1S/C45H44IN3O10/c1-5-23-58-40(51)34-37-42(53)59-38(28-16-10-7-11-17-28)36(27-14-8-6-9-15-27)49(37)39(30-18-12-13-19-33(30)57-24-22-50)45(34)31-25-29(46)20-21-32(31)48(43(45)54)44(55)47-35(26(2)3)41(52)56-4/h5-21,25-26,34-39,50H,1,22-24H2,2-4H3,(H,47,55). The van der Waals surface area contributed by atoms with Crippen molar-refractivity contribution in [2.75, 3.05) is 31.8 Å². The summed E-state index contributed by atoms with van der Waals surface area (Å²) in [5, 5.41) is 12.6. The SMILES string of the molecule is C=CCOC(=O)C1C2C(=O)OC(c3ccccc3)C(c3ccccc3)N2C(c2ccccc2OCCO)C12C(=O)N(C(=O)NC(C(=O)OC)C(C)C)c1ccc(I)cc12. The van der Waals surface area contributed by atoms with E-state index in [0.29, 0.717) is 20.3 Å². The quantitative estimate of drug-likeness (QED) is 0.0747. The molecule has 0 aliphatic carbocycles. The van der Waals surface area contributed by atoms with Gasteiger partial charge in [0.25, 0.3) is 0 Å². The van der Waals surface area contributed by atoms with Crippen LogP contribution in [0.2, 0.25) is 0 Å². The number of hydrogen-bond donors (Lipinski definition) is 2. The van der Waals surface area contributed by atoms with Crippen molar-refractivity contribution in [2.45, 2.75) is 49.5 Å². The zero-order chi connectivity index (χ0) is 42.0. The molecule has 13 nitrogen and oxygen atoms in total. The summed E-state index contributed by atoms with van der Waals surface area (Å²) in [6.45, 7) is 6.50. The van der Waals surface area contributed by atoms with Gasteiger partial charge in [0.2, 0.25) is 5.91 Å². The number of para-hydroxylation sites is 1. The number of nitrogens with one attached hydrogen (secondary N) is 1.